The van der Waals surface area contributed by atoms with Gasteiger partial charge >= 0.3 is 0 Å². The van der Waals surface area contributed by atoms with Gasteiger partial charge in [-0.25, -0.2) is 12.4 Å². The van der Waals surface area contributed by atoms with E-state index < -0.39 is 10.0 Å². The summed E-state index contributed by atoms with van der Waals surface area (Å²) in [5.74, 6) is 0. The van der Waals surface area contributed by atoms with Gasteiger partial charge in [0.05, 0.1) is 10.4 Å². The van der Waals surface area contributed by atoms with E-state index in [1.807, 2.05) is 85.8 Å². The molecule has 0 saturated heterocycles. The second-order valence-electron chi connectivity index (χ2n) is 6.45. The minimum absolute atomic E-state index is 0.288. The van der Waals surface area contributed by atoms with E-state index in [9.17, 15) is 8.42 Å². The van der Waals surface area contributed by atoms with Crippen molar-refractivity contribution < 1.29 is 8.42 Å². The van der Waals surface area contributed by atoms with Crippen LogP contribution in [0, 0.1) is 6.92 Å². The third kappa shape index (κ3) is 3.32. The number of fused-ring (bicyclic) bond motifs is 1. The zero-order chi connectivity index (χ0) is 18.9. The molecule has 4 heteroatoms. The van der Waals surface area contributed by atoms with Gasteiger partial charge in [0.1, 0.15) is 0 Å². The van der Waals surface area contributed by atoms with Gasteiger partial charge in [-0.3, -0.25) is 0 Å². The van der Waals surface area contributed by atoms with Crippen LogP contribution in [-0.2, 0) is 10.0 Å². The molecule has 1 heterocycles. The van der Waals surface area contributed by atoms with Crippen LogP contribution in [-0.4, -0.2) is 12.4 Å². The van der Waals surface area contributed by atoms with Crippen LogP contribution in [0.2, 0.25) is 0 Å². The summed E-state index contributed by atoms with van der Waals surface area (Å²) in [6.07, 6.45) is 5.67. The summed E-state index contributed by atoms with van der Waals surface area (Å²) in [6, 6.07) is 24.5. The van der Waals surface area contributed by atoms with E-state index in [0.717, 1.165) is 22.1 Å². The molecule has 0 aliphatic carbocycles. The van der Waals surface area contributed by atoms with Gasteiger partial charge in [0.2, 0.25) is 0 Å². The maximum absolute atomic E-state index is 13.1. The zero-order valence-corrected chi connectivity index (χ0v) is 15.7. The Labute approximate surface area is 159 Å². The summed E-state index contributed by atoms with van der Waals surface area (Å²) in [5.41, 5.74) is 3.78. The maximum Gasteiger partial charge on any atom is 0.268 e. The highest BCUT2D eigenvalue weighted by Crippen LogP contribution is 2.26. The Hall–Kier alpha value is -3.11. The quantitative estimate of drug-likeness (QED) is 0.452. The van der Waals surface area contributed by atoms with Crippen molar-refractivity contribution in [1.29, 1.82) is 0 Å². The minimum Gasteiger partial charge on any atom is -0.241 e. The molecule has 0 fully saturated rings. The molecule has 0 atom stereocenters. The molecule has 0 aliphatic rings. The minimum atomic E-state index is -3.63. The predicted octanol–water partition coefficient (Wildman–Crippen LogP) is 5.36. The average Bonchev–Trinajstić information content (AvgIpc) is 3.13. The van der Waals surface area contributed by atoms with E-state index in [1.54, 1.807) is 18.3 Å². The summed E-state index contributed by atoms with van der Waals surface area (Å²) in [7, 11) is -3.63. The summed E-state index contributed by atoms with van der Waals surface area (Å²) >= 11 is 0. The van der Waals surface area contributed by atoms with Gasteiger partial charge in [-0.1, -0.05) is 72.3 Å². The Balaban J connectivity index is 1.79. The van der Waals surface area contributed by atoms with Crippen LogP contribution in [0.25, 0.3) is 23.1 Å². The third-order valence-corrected chi connectivity index (χ3v) is 6.27. The standard InChI is InChI=1S/C23H19NO2S/c1-18-10-14-21(15-11-18)27(25,26)24-17-16-22-20(8-5-9-23(22)24)13-12-19-6-3-2-4-7-19/h2-17H,1H3/b13-12+. The van der Waals surface area contributed by atoms with Gasteiger partial charge < -0.3 is 0 Å². The van der Waals surface area contributed by atoms with Crippen molar-refractivity contribution in [1.82, 2.24) is 3.97 Å². The molecule has 3 nitrogen and oxygen atoms in total. The van der Waals surface area contributed by atoms with Crippen LogP contribution in [0.5, 0.6) is 0 Å². The van der Waals surface area contributed by atoms with Crippen molar-refractivity contribution in [3.05, 3.63) is 102 Å². The molecule has 3 aromatic carbocycles. The van der Waals surface area contributed by atoms with Gasteiger partial charge in [-0.05, 0) is 42.3 Å². The van der Waals surface area contributed by atoms with Crippen LogP contribution in [0.3, 0.4) is 0 Å². The second-order valence-corrected chi connectivity index (χ2v) is 8.27. The molecule has 0 saturated carbocycles. The first-order chi connectivity index (χ1) is 13.1. The number of aryl methyl sites for hydroxylation is 1. The van der Waals surface area contributed by atoms with Crippen LogP contribution in [0.1, 0.15) is 16.7 Å². The van der Waals surface area contributed by atoms with E-state index >= 15 is 0 Å². The average molecular weight is 373 g/mol. The first-order valence-corrected chi connectivity index (χ1v) is 10.2. The van der Waals surface area contributed by atoms with Crippen LogP contribution in [0.15, 0.2) is 90.0 Å². The number of aromatic nitrogens is 1. The van der Waals surface area contributed by atoms with Crippen molar-refractivity contribution >= 4 is 33.1 Å². The molecule has 0 radical (unpaired) electrons. The van der Waals surface area contributed by atoms with Gasteiger partial charge in [0.25, 0.3) is 10.0 Å². The smallest absolute Gasteiger partial charge is 0.241 e. The predicted molar refractivity (Wildman–Crippen MR) is 111 cm³/mol. The molecule has 1 aromatic heterocycles. The highest BCUT2D eigenvalue weighted by Gasteiger charge is 2.19. The van der Waals surface area contributed by atoms with Gasteiger partial charge in [0.15, 0.2) is 0 Å². The second kappa shape index (κ2) is 6.89. The first-order valence-electron chi connectivity index (χ1n) is 8.71. The van der Waals surface area contributed by atoms with E-state index in [4.69, 9.17) is 0 Å². The fourth-order valence-electron chi connectivity index (χ4n) is 3.10. The molecule has 134 valence electrons. The molecule has 0 bridgehead atoms. The number of hydrogen-bond acceptors (Lipinski definition) is 2. The van der Waals surface area contributed by atoms with Gasteiger partial charge in [-0.2, -0.15) is 0 Å². The van der Waals surface area contributed by atoms with E-state index in [1.165, 1.54) is 3.97 Å². The van der Waals surface area contributed by atoms with Crippen molar-refractivity contribution in [3.63, 3.8) is 0 Å². The normalized spacial score (nSPS) is 12.0. The largest absolute Gasteiger partial charge is 0.268 e. The van der Waals surface area contributed by atoms with Crippen molar-refractivity contribution in [2.75, 3.05) is 0 Å². The van der Waals surface area contributed by atoms with E-state index in [2.05, 4.69) is 0 Å². The first kappa shape index (κ1) is 17.3. The Kier molecular flexibility index (Phi) is 4.42. The molecule has 4 rings (SSSR count). The van der Waals surface area contributed by atoms with Gasteiger partial charge in [-0.15, -0.1) is 0 Å². The third-order valence-electron chi connectivity index (χ3n) is 4.56. The van der Waals surface area contributed by atoms with Gasteiger partial charge in [0, 0.05) is 11.6 Å². The fraction of sp³-hybridized carbons (Fsp3) is 0.0435. The maximum atomic E-state index is 13.1. The highest BCUT2D eigenvalue weighted by molar-refractivity contribution is 7.90. The van der Waals surface area contributed by atoms with Crippen LogP contribution in [0.4, 0.5) is 0 Å². The summed E-state index contributed by atoms with van der Waals surface area (Å²) in [6.45, 7) is 1.94. The number of nitrogens with zero attached hydrogens (tertiary/aromatic N) is 1. The van der Waals surface area contributed by atoms with E-state index in [-0.39, 0.29) is 4.90 Å². The van der Waals surface area contributed by atoms with Crippen LogP contribution >= 0.6 is 0 Å². The van der Waals surface area contributed by atoms with Crippen molar-refractivity contribution in [3.8, 4) is 0 Å². The Morgan fingerprint density at radius 2 is 1.52 bits per heavy atom. The SMILES string of the molecule is Cc1ccc(S(=O)(=O)n2ccc3c(/C=C/c4ccccc4)cccc32)cc1. The topological polar surface area (TPSA) is 39.1 Å². The zero-order valence-electron chi connectivity index (χ0n) is 14.9. The Morgan fingerprint density at radius 1 is 0.778 bits per heavy atom. The van der Waals surface area contributed by atoms with Crippen molar-refractivity contribution in [2.24, 2.45) is 0 Å². The molecule has 4 aromatic rings. The molecular weight excluding hydrogens is 354 g/mol. The van der Waals surface area contributed by atoms with Crippen LogP contribution < -0.4 is 0 Å². The highest BCUT2D eigenvalue weighted by atomic mass is 32.2. The Bertz CT molecular complexity index is 1220. The Morgan fingerprint density at radius 3 is 2.26 bits per heavy atom. The lowest BCUT2D eigenvalue weighted by Crippen LogP contribution is -2.11. The molecule has 27 heavy (non-hydrogen) atoms. The lowest BCUT2D eigenvalue weighted by Gasteiger charge is -2.08. The molecule has 0 spiro atoms. The summed E-state index contributed by atoms with van der Waals surface area (Å²) in [5, 5.41) is 0.903. The molecule has 0 N–H and O–H groups in total. The monoisotopic (exact) mass is 373 g/mol. The molecule has 0 aliphatic heterocycles. The number of rotatable bonds is 4. The molecule has 0 unspecified atom stereocenters. The summed E-state index contributed by atoms with van der Waals surface area (Å²) < 4.78 is 27.5. The lowest BCUT2D eigenvalue weighted by atomic mass is 10.1. The molecular formula is C23H19NO2S. The number of hydrogen-bond donors (Lipinski definition) is 0. The van der Waals surface area contributed by atoms with E-state index in [0.29, 0.717) is 5.52 Å². The summed E-state index contributed by atoms with van der Waals surface area (Å²) in [4.78, 5) is 0.288. The molecule has 0 amide bonds. The lowest BCUT2D eigenvalue weighted by molar-refractivity contribution is 0.589. The number of benzene rings is 3. The van der Waals surface area contributed by atoms with Crippen molar-refractivity contribution in [2.45, 2.75) is 11.8 Å². The fourth-order valence-corrected chi connectivity index (χ4v) is 4.44.